The van der Waals surface area contributed by atoms with Gasteiger partial charge < -0.3 is 23.7 Å². The second kappa shape index (κ2) is 11.0. The van der Waals surface area contributed by atoms with Gasteiger partial charge in [-0.3, -0.25) is 4.72 Å². The van der Waals surface area contributed by atoms with Gasteiger partial charge in [0.05, 0.1) is 31.8 Å². The molecular weight excluding hydrogens is 427 g/mol. The Bertz CT molecular complexity index is 663. The zero-order valence-electron chi connectivity index (χ0n) is 16.2. The van der Waals surface area contributed by atoms with Crippen molar-refractivity contribution in [3.8, 4) is 11.5 Å². The fourth-order valence-corrected chi connectivity index (χ4v) is 2.81. The molecule has 2 aliphatic rings. The number of carbonyl (C=O) groups is 1. The van der Waals surface area contributed by atoms with E-state index in [0.717, 1.165) is 49.5 Å². The average Bonchev–Trinajstić information content (AvgIpc) is 3.60. The molecule has 1 amide bonds. The number of halogens is 3. The van der Waals surface area contributed by atoms with E-state index < -0.39 is 23.5 Å². The Balaban J connectivity index is 1.36. The summed E-state index contributed by atoms with van der Waals surface area (Å²) in [7, 11) is 0. The van der Waals surface area contributed by atoms with Gasteiger partial charge in [0.2, 0.25) is 0 Å². The topological polar surface area (TPSA) is 81.9 Å². The first-order valence-electron chi connectivity index (χ1n) is 9.68. The number of benzene rings is 1. The van der Waals surface area contributed by atoms with Gasteiger partial charge >= 0.3 is 11.6 Å². The third kappa shape index (κ3) is 9.77. The van der Waals surface area contributed by atoms with Crippen LogP contribution in [0.4, 0.5) is 18.0 Å². The van der Waals surface area contributed by atoms with Gasteiger partial charge in [-0.2, -0.15) is 13.2 Å². The largest absolute Gasteiger partial charge is 0.491 e. The molecule has 2 atom stereocenters. The van der Waals surface area contributed by atoms with Crippen LogP contribution in [-0.4, -0.2) is 56.8 Å². The average molecular weight is 451 g/mol. The number of epoxide rings is 2. The molecular formula is C19H24F3NO6S. The Kier molecular flexibility index (Phi) is 8.34. The monoisotopic (exact) mass is 451 g/mol. The number of nitrogens with one attached hydrogen (secondary N) is 1. The van der Waals surface area contributed by atoms with Gasteiger partial charge in [-0.05, 0) is 43.4 Å². The molecule has 2 heterocycles. The highest BCUT2D eigenvalue weighted by Crippen LogP contribution is 2.28. The fraction of sp³-hybridized carbons (Fsp3) is 0.632. The van der Waals surface area contributed by atoms with E-state index in [1.54, 1.807) is 4.72 Å². The highest BCUT2D eigenvalue weighted by Gasteiger charge is 2.30. The molecule has 1 aromatic carbocycles. The summed E-state index contributed by atoms with van der Waals surface area (Å²) in [6.45, 7) is 2.50. The van der Waals surface area contributed by atoms with Crippen molar-refractivity contribution >= 4 is 18.0 Å². The number of unbranched alkanes of at least 4 members (excludes halogenated alkanes) is 2. The van der Waals surface area contributed by atoms with Gasteiger partial charge in [0.15, 0.2) is 0 Å². The maximum atomic E-state index is 12.0. The number of carbonyl (C=O) groups excluding carboxylic acids is 1. The zero-order chi connectivity index (χ0) is 21.4. The van der Waals surface area contributed by atoms with Crippen molar-refractivity contribution in [1.29, 1.82) is 0 Å². The Morgan fingerprint density at radius 1 is 1.03 bits per heavy atom. The minimum Gasteiger partial charge on any atom is -0.491 e. The van der Waals surface area contributed by atoms with Crippen LogP contribution in [0.15, 0.2) is 18.2 Å². The summed E-state index contributed by atoms with van der Waals surface area (Å²) in [4.78, 5) is 11.1. The molecule has 0 radical (unpaired) electrons. The lowest BCUT2D eigenvalue weighted by Crippen LogP contribution is -2.22. The zero-order valence-corrected chi connectivity index (χ0v) is 17.1. The first-order chi connectivity index (χ1) is 14.4. The van der Waals surface area contributed by atoms with Crippen LogP contribution in [0.3, 0.4) is 0 Å². The molecule has 0 aliphatic carbocycles. The Hall–Kier alpha value is -1.85. The summed E-state index contributed by atoms with van der Waals surface area (Å²) in [6, 6.07) is 5.77. The number of hydrogen-bond donors (Lipinski definition) is 1. The summed E-state index contributed by atoms with van der Waals surface area (Å²) in [6.07, 6.45) is 2.12. The second-order valence-electron chi connectivity index (χ2n) is 6.94. The smallest absolute Gasteiger partial charge is 0.461 e. The first kappa shape index (κ1) is 22.8. The van der Waals surface area contributed by atoms with Crippen LogP contribution in [0.1, 0.15) is 24.8 Å². The van der Waals surface area contributed by atoms with Crippen molar-refractivity contribution in [2.24, 2.45) is 0 Å². The van der Waals surface area contributed by atoms with Crippen molar-refractivity contribution in [3.05, 3.63) is 23.8 Å². The summed E-state index contributed by atoms with van der Waals surface area (Å²) in [5.41, 5.74) is -3.48. The van der Waals surface area contributed by atoms with E-state index in [1.165, 1.54) is 0 Å². The van der Waals surface area contributed by atoms with Crippen molar-refractivity contribution in [3.63, 3.8) is 0 Å². The fourth-order valence-electron chi connectivity index (χ4n) is 2.55. The van der Waals surface area contributed by atoms with E-state index in [9.17, 15) is 18.0 Å². The Morgan fingerprint density at radius 2 is 1.63 bits per heavy atom. The van der Waals surface area contributed by atoms with Crippen LogP contribution in [0.5, 0.6) is 11.5 Å². The standard InChI is InChI=1S/C19H24F3NO6S/c20-19(21,22)30-23-18(24)25-5-3-1-2-4-13-6-14(26-9-16-11-28-16)8-15(7-13)27-10-17-12-29-17/h6-8,16-17H,1-5,9-12H2,(H,23,24). The molecule has 0 aromatic heterocycles. The normalized spacial score (nSPS) is 19.8. The Labute approximate surface area is 176 Å². The van der Waals surface area contributed by atoms with Crippen LogP contribution in [-0.2, 0) is 20.6 Å². The molecule has 30 heavy (non-hydrogen) atoms. The molecule has 168 valence electrons. The van der Waals surface area contributed by atoms with Crippen LogP contribution in [0.25, 0.3) is 0 Å². The predicted octanol–water partition coefficient (Wildman–Crippen LogP) is 3.85. The SMILES string of the molecule is O=C(NSC(F)(F)F)OCCCCCc1cc(OCC2CO2)cc(OCC2CO2)c1. The minimum absolute atomic E-state index is 0.0601. The highest BCUT2D eigenvalue weighted by atomic mass is 32.2. The summed E-state index contributed by atoms with van der Waals surface area (Å²) in [5, 5.41) is 0. The molecule has 2 unspecified atom stereocenters. The van der Waals surface area contributed by atoms with Gasteiger partial charge in [0, 0.05) is 6.07 Å². The number of alkyl halides is 3. The maximum absolute atomic E-state index is 12.0. The molecule has 2 aliphatic heterocycles. The lowest BCUT2D eigenvalue weighted by Gasteiger charge is -2.12. The number of rotatable bonds is 13. The summed E-state index contributed by atoms with van der Waals surface area (Å²) in [5.74, 6) is 1.44. The van der Waals surface area contributed by atoms with Crippen molar-refractivity contribution < 1.29 is 41.7 Å². The molecule has 3 rings (SSSR count). The first-order valence-corrected chi connectivity index (χ1v) is 10.5. The molecule has 0 spiro atoms. The lowest BCUT2D eigenvalue weighted by atomic mass is 10.1. The number of amides is 1. The van der Waals surface area contributed by atoms with E-state index in [1.807, 2.05) is 18.2 Å². The van der Waals surface area contributed by atoms with Gasteiger partial charge in [-0.1, -0.05) is 0 Å². The van der Waals surface area contributed by atoms with E-state index in [-0.39, 0.29) is 18.8 Å². The number of aryl methyl sites for hydroxylation is 1. The molecule has 2 fully saturated rings. The van der Waals surface area contributed by atoms with Crippen molar-refractivity contribution in [2.45, 2.75) is 43.4 Å². The lowest BCUT2D eigenvalue weighted by molar-refractivity contribution is -0.0336. The van der Waals surface area contributed by atoms with Gasteiger partial charge in [0.1, 0.15) is 36.9 Å². The molecule has 1 aromatic rings. The Morgan fingerprint density at radius 3 is 2.17 bits per heavy atom. The predicted molar refractivity (Wildman–Crippen MR) is 103 cm³/mol. The van der Waals surface area contributed by atoms with Gasteiger partial charge in [-0.25, -0.2) is 4.79 Å². The van der Waals surface area contributed by atoms with Crippen LogP contribution >= 0.6 is 11.9 Å². The number of hydrogen-bond acceptors (Lipinski definition) is 7. The summed E-state index contributed by atoms with van der Waals surface area (Å²) >= 11 is -0.635. The van der Waals surface area contributed by atoms with Crippen molar-refractivity contribution in [1.82, 2.24) is 4.72 Å². The van der Waals surface area contributed by atoms with Crippen molar-refractivity contribution in [2.75, 3.05) is 33.0 Å². The highest BCUT2D eigenvalue weighted by molar-refractivity contribution is 7.98. The quantitative estimate of drug-likeness (QED) is 0.277. The molecule has 7 nitrogen and oxygen atoms in total. The third-order valence-electron chi connectivity index (χ3n) is 4.21. The number of ether oxygens (including phenoxy) is 5. The second-order valence-corrected chi connectivity index (χ2v) is 7.81. The minimum atomic E-state index is -4.53. The third-order valence-corrected chi connectivity index (χ3v) is 4.71. The van der Waals surface area contributed by atoms with E-state index >= 15 is 0 Å². The molecule has 1 N–H and O–H groups in total. The molecule has 0 bridgehead atoms. The van der Waals surface area contributed by atoms with E-state index in [0.29, 0.717) is 19.6 Å². The van der Waals surface area contributed by atoms with Gasteiger partial charge in [-0.15, -0.1) is 0 Å². The van der Waals surface area contributed by atoms with E-state index in [2.05, 4.69) is 0 Å². The molecule has 11 heteroatoms. The summed E-state index contributed by atoms with van der Waals surface area (Å²) < 4.78 is 64.1. The van der Waals surface area contributed by atoms with Crippen LogP contribution in [0, 0.1) is 0 Å². The van der Waals surface area contributed by atoms with Crippen LogP contribution in [0.2, 0.25) is 0 Å². The van der Waals surface area contributed by atoms with E-state index in [4.69, 9.17) is 23.7 Å². The molecule has 0 saturated carbocycles. The van der Waals surface area contributed by atoms with Gasteiger partial charge in [0.25, 0.3) is 0 Å². The molecule has 2 saturated heterocycles. The van der Waals surface area contributed by atoms with Crippen LogP contribution < -0.4 is 14.2 Å². The maximum Gasteiger partial charge on any atom is 0.461 e.